The summed E-state index contributed by atoms with van der Waals surface area (Å²) in [6.45, 7) is 7.31. The zero-order chi connectivity index (χ0) is 24.6. The van der Waals surface area contributed by atoms with E-state index in [0.717, 1.165) is 48.6 Å². The molecule has 8 atom stereocenters. The highest BCUT2D eigenvalue weighted by molar-refractivity contribution is 7.98. The summed E-state index contributed by atoms with van der Waals surface area (Å²) in [6.07, 6.45) is 12.3. The van der Waals surface area contributed by atoms with Gasteiger partial charge in [-0.2, -0.15) is 15.0 Å². The van der Waals surface area contributed by atoms with Crippen molar-refractivity contribution in [2.24, 2.45) is 40.4 Å². The van der Waals surface area contributed by atoms with Crippen LogP contribution in [-0.4, -0.2) is 37.7 Å². The zero-order valence-electron chi connectivity index (χ0n) is 21.8. The van der Waals surface area contributed by atoms with E-state index >= 15 is 0 Å². The lowest BCUT2D eigenvalue weighted by atomic mass is 9.44. The Kier molecular flexibility index (Phi) is 5.69. The largest absolute Gasteiger partial charge is 0.390 e. The Morgan fingerprint density at radius 3 is 2.57 bits per heavy atom. The zero-order valence-corrected chi connectivity index (χ0v) is 22.6. The molecule has 5 nitrogen and oxygen atoms in total. The number of hydrogen-bond acceptors (Lipinski definition) is 5. The molecule has 6 heteroatoms. The lowest BCUT2D eigenvalue weighted by molar-refractivity contribution is -0.151. The molecule has 1 aromatic heterocycles. The molecular weight excluding hydrogens is 454 g/mol. The van der Waals surface area contributed by atoms with Gasteiger partial charge in [0.1, 0.15) is 17.6 Å². The van der Waals surface area contributed by atoms with Crippen molar-refractivity contribution in [2.75, 3.05) is 6.26 Å². The molecular formula is C29H41N3O2S. The molecule has 0 radical (unpaired) electrons. The van der Waals surface area contributed by atoms with Crippen molar-refractivity contribution in [1.29, 1.82) is 0 Å². The average Bonchev–Trinajstić information content (AvgIpc) is 3.38. The average molecular weight is 496 g/mol. The first kappa shape index (κ1) is 24.0. The highest BCUT2D eigenvalue weighted by Crippen LogP contribution is 2.68. The summed E-state index contributed by atoms with van der Waals surface area (Å²) in [5.74, 6) is 3.26. The number of carbonyl (C=O) groups is 1. The summed E-state index contributed by atoms with van der Waals surface area (Å²) in [5.41, 5.74) is 1.73. The van der Waals surface area contributed by atoms with Gasteiger partial charge in [-0.3, -0.25) is 4.79 Å². The van der Waals surface area contributed by atoms with Crippen molar-refractivity contribution in [1.82, 2.24) is 15.0 Å². The number of aliphatic hydroxyl groups is 1. The Balaban J connectivity index is 1.19. The lowest BCUT2D eigenvalue weighted by Crippen LogP contribution is -2.55. The van der Waals surface area contributed by atoms with Gasteiger partial charge in [0.05, 0.1) is 5.60 Å². The monoisotopic (exact) mass is 495 g/mol. The van der Waals surface area contributed by atoms with E-state index in [-0.39, 0.29) is 11.3 Å². The molecule has 35 heavy (non-hydrogen) atoms. The minimum atomic E-state index is -0.479. The van der Waals surface area contributed by atoms with Crippen LogP contribution in [0.1, 0.15) is 78.6 Å². The van der Waals surface area contributed by atoms with Gasteiger partial charge >= 0.3 is 0 Å². The summed E-state index contributed by atoms with van der Waals surface area (Å²) >= 11 is 1.70. The third-order valence-electron chi connectivity index (χ3n) is 11.3. The van der Waals surface area contributed by atoms with Crippen LogP contribution in [0.4, 0.5) is 0 Å². The second kappa shape index (κ2) is 8.31. The predicted molar refractivity (Wildman–Crippen MR) is 140 cm³/mol. The number of fused-ring (bicyclic) bond motifs is 6. The molecule has 190 valence electrons. The third-order valence-corrected chi connectivity index (χ3v) is 12.0. The molecule has 0 bridgehead atoms. The third kappa shape index (κ3) is 3.80. The molecule has 4 saturated carbocycles. The fourth-order valence-corrected chi connectivity index (χ4v) is 9.78. The van der Waals surface area contributed by atoms with Crippen molar-refractivity contribution in [3.8, 4) is 0 Å². The van der Waals surface area contributed by atoms with Crippen molar-refractivity contribution in [3.63, 3.8) is 0 Å². The van der Waals surface area contributed by atoms with Crippen LogP contribution in [0.15, 0.2) is 23.1 Å². The molecule has 2 aromatic rings. The molecule has 4 aliphatic rings. The highest BCUT2D eigenvalue weighted by Gasteiger charge is 2.61. The first-order chi connectivity index (χ1) is 16.6. The highest BCUT2D eigenvalue weighted by atomic mass is 32.2. The fourth-order valence-electron chi connectivity index (χ4n) is 9.35. The number of thioether (sulfide) groups is 1. The summed E-state index contributed by atoms with van der Waals surface area (Å²) in [4.78, 5) is 16.5. The summed E-state index contributed by atoms with van der Waals surface area (Å²) in [5, 5.41) is 20.0. The molecule has 4 aliphatic carbocycles. The van der Waals surface area contributed by atoms with E-state index in [1.807, 2.05) is 13.0 Å². The maximum Gasteiger partial charge on any atom is 0.159 e. The SMILES string of the molecule is CSc1ccc2nn(CC(=O)[C@H]3CC[C@H]4[C@@H]5CC[C@H]6C[C@](C)(O)CC[C@]6(C)[C@H]5CC[C@]34C)nc2c1. The molecule has 6 rings (SSSR count). The molecule has 0 unspecified atom stereocenters. The second-order valence-corrected chi connectivity index (χ2v) is 14.0. The number of carbonyl (C=O) groups excluding carboxylic acids is 1. The van der Waals surface area contributed by atoms with Crippen LogP contribution in [0, 0.1) is 40.4 Å². The number of nitrogens with zero attached hydrogens (tertiary/aromatic N) is 3. The number of Topliss-reactive ketones (excluding diaryl/α,β-unsaturated/α-hetero) is 1. The Bertz CT molecular complexity index is 1140. The van der Waals surface area contributed by atoms with Gasteiger partial charge in [-0.15, -0.1) is 11.8 Å². The van der Waals surface area contributed by atoms with E-state index in [4.69, 9.17) is 0 Å². The normalized spacial score (nSPS) is 42.9. The Hall–Kier alpha value is -1.40. The van der Waals surface area contributed by atoms with Gasteiger partial charge in [-0.05, 0) is 124 Å². The van der Waals surface area contributed by atoms with Crippen LogP contribution in [-0.2, 0) is 11.3 Å². The van der Waals surface area contributed by atoms with E-state index in [9.17, 15) is 9.90 Å². The van der Waals surface area contributed by atoms with Crippen LogP contribution in [0.25, 0.3) is 11.0 Å². The van der Waals surface area contributed by atoms with Crippen molar-refractivity contribution < 1.29 is 9.90 Å². The minimum absolute atomic E-state index is 0.111. The quantitative estimate of drug-likeness (QED) is 0.517. The van der Waals surface area contributed by atoms with Crippen LogP contribution >= 0.6 is 11.8 Å². The molecule has 0 saturated heterocycles. The van der Waals surface area contributed by atoms with E-state index in [2.05, 4.69) is 42.4 Å². The van der Waals surface area contributed by atoms with Crippen LogP contribution in [0.2, 0.25) is 0 Å². The predicted octanol–water partition coefficient (Wildman–Crippen LogP) is 6.13. The standard InChI is InChI=1S/C29H41N3O2S/c1-27(34)13-14-28(2)18(16-27)5-7-20-21-8-9-23(29(21,3)12-11-22(20)28)26(33)17-32-30-24-10-6-19(35-4)15-25(24)31-32/h6,10,15,18,20-23,34H,5,7-9,11-14,16-17H2,1-4H3/t18-,20-,21-,22-,23+,27+,28-,29-/m0/s1. The number of hydrogen-bond donors (Lipinski definition) is 1. The van der Waals surface area contributed by atoms with Crippen LogP contribution < -0.4 is 0 Å². The van der Waals surface area contributed by atoms with Crippen LogP contribution in [0.3, 0.4) is 0 Å². The van der Waals surface area contributed by atoms with E-state index in [1.54, 1.807) is 16.6 Å². The number of aromatic nitrogens is 3. The van der Waals surface area contributed by atoms with Crippen molar-refractivity contribution in [2.45, 2.75) is 95.6 Å². The van der Waals surface area contributed by atoms with Crippen molar-refractivity contribution >= 4 is 28.6 Å². The Morgan fingerprint density at radius 2 is 1.77 bits per heavy atom. The molecule has 0 amide bonds. The van der Waals surface area contributed by atoms with Gasteiger partial charge in [0.2, 0.25) is 0 Å². The maximum atomic E-state index is 13.7. The lowest BCUT2D eigenvalue weighted by Gasteiger charge is -2.61. The smallest absolute Gasteiger partial charge is 0.159 e. The fraction of sp³-hybridized carbons (Fsp3) is 0.759. The van der Waals surface area contributed by atoms with Gasteiger partial charge in [0.15, 0.2) is 5.78 Å². The molecule has 1 N–H and O–H groups in total. The van der Waals surface area contributed by atoms with Crippen molar-refractivity contribution in [3.05, 3.63) is 18.2 Å². The van der Waals surface area contributed by atoms with Gasteiger partial charge < -0.3 is 5.11 Å². The van der Waals surface area contributed by atoms with Gasteiger partial charge in [0, 0.05) is 10.8 Å². The first-order valence-electron chi connectivity index (χ1n) is 13.8. The van der Waals surface area contributed by atoms with E-state index in [1.165, 1.54) is 37.0 Å². The van der Waals surface area contributed by atoms with E-state index in [0.29, 0.717) is 29.6 Å². The summed E-state index contributed by atoms with van der Waals surface area (Å²) in [6, 6.07) is 6.13. The molecule has 1 heterocycles. The maximum absolute atomic E-state index is 13.7. The topological polar surface area (TPSA) is 68.0 Å². The second-order valence-electron chi connectivity index (χ2n) is 13.1. The summed E-state index contributed by atoms with van der Waals surface area (Å²) in [7, 11) is 0. The molecule has 0 aliphatic heterocycles. The minimum Gasteiger partial charge on any atom is -0.390 e. The van der Waals surface area contributed by atoms with E-state index < -0.39 is 5.60 Å². The van der Waals surface area contributed by atoms with Crippen LogP contribution in [0.5, 0.6) is 0 Å². The Labute approximate surface area is 213 Å². The van der Waals surface area contributed by atoms with Gasteiger partial charge in [0.25, 0.3) is 0 Å². The Morgan fingerprint density at radius 1 is 1.00 bits per heavy atom. The molecule has 0 spiro atoms. The molecule has 1 aromatic carbocycles. The number of ketones is 1. The number of rotatable bonds is 4. The first-order valence-corrected chi connectivity index (χ1v) is 15.0. The molecule has 4 fully saturated rings. The number of benzene rings is 1. The van der Waals surface area contributed by atoms with Gasteiger partial charge in [-0.1, -0.05) is 13.8 Å². The van der Waals surface area contributed by atoms with Gasteiger partial charge in [-0.25, -0.2) is 0 Å². The summed E-state index contributed by atoms with van der Waals surface area (Å²) < 4.78 is 0.